The van der Waals surface area contributed by atoms with Crippen molar-refractivity contribution in [2.24, 2.45) is 0 Å². The minimum absolute atomic E-state index is 0.0379. The Labute approximate surface area is 100 Å². The molecule has 1 rings (SSSR count). The Bertz CT molecular complexity index is 499. The van der Waals surface area contributed by atoms with Crippen molar-refractivity contribution in [1.82, 2.24) is 14.9 Å². The van der Waals surface area contributed by atoms with Crippen LogP contribution in [-0.4, -0.2) is 34.9 Å². The smallest absolute Gasteiger partial charge is 0.246 e. The van der Waals surface area contributed by atoms with Gasteiger partial charge in [0.25, 0.3) is 0 Å². The number of nitrogens with one attached hydrogen (secondary N) is 2. The van der Waals surface area contributed by atoms with Gasteiger partial charge in [-0.3, -0.25) is 5.10 Å². The second-order valence-electron chi connectivity index (χ2n) is 4.94. The van der Waals surface area contributed by atoms with Crippen molar-refractivity contribution in [1.29, 1.82) is 0 Å². The zero-order valence-corrected chi connectivity index (χ0v) is 11.1. The Morgan fingerprint density at radius 3 is 2.29 bits per heavy atom. The third-order valence-electron chi connectivity index (χ3n) is 2.84. The topological polar surface area (TPSA) is 121 Å². The number of hydrogen-bond donors (Lipinski definition) is 4. The van der Waals surface area contributed by atoms with Crippen molar-refractivity contribution in [3.63, 3.8) is 0 Å². The summed E-state index contributed by atoms with van der Waals surface area (Å²) in [4.78, 5) is -0.130. The van der Waals surface area contributed by atoms with Crippen molar-refractivity contribution >= 4 is 15.8 Å². The van der Waals surface area contributed by atoms with Crippen molar-refractivity contribution < 1.29 is 13.5 Å². The van der Waals surface area contributed by atoms with E-state index in [1.165, 1.54) is 13.8 Å². The normalized spacial score (nSPS) is 13.9. The Kier molecular flexibility index (Phi) is 3.25. The Hall–Kier alpha value is -1.12. The van der Waals surface area contributed by atoms with Crippen LogP contribution >= 0.6 is 0 Å². The largest absolute Gasteiger partial charge is 0.389 e. The van der Waals surface area contributed by atoms with Crippen molar-refractivity contribution in [3.8, 4) is 0 Å². The molecule has 7 nitrogen and oxygen atoms in total. The van der Waals surface area contributed by atoms with Gasteiger partial charge in [-0.05, 0) is 27.7 Å². The lowest BCUT2D eigenvalue weighted by Gasteiger charge is -2.37. The summed E-state index contributed by atoms with van der Waals surface area (Å²) in [6.07, 6.45) is 1.12. The van der Waals surface area contributed by atoms with Gasteiger partial charge in [0.1, 0.15) is 10.7 Å². The minimum atomic E-state index is -3.82. The number of nitrogens with zero attached hydrogens (tertiary/aromatic N) is 1. The Morgan fingerprint density at radius 2 is 1.94 bits per heavy atom. The van der Waals surface area contributed by atoms with E-state index < -0.39 is 21.2 Å². The Balaban J connectivity index is 3.08. The molecule has 1 aromatic heterocycles. The first-order valence-corrected chi connectivity index (χ1v) is 6.51. The second kappa shape index (κ2) is 3.97. The first-order chi connectivity index (χ1) is 7.47. The van der Waals surface area contributed by atoms with Crippen LogP contribution in [0.5, 0.6) is 0 Å². The van der Waals surface area contributed by atoms with Crippen LogP contribution in [0.15, 0.2) is 11.1 Å². The fourth-order valence-corrected chi connectivity index (χ4v) is 2.57. The molecule has 0 amide bonds. The van der Waals surface area contributed by atoms with Gasteiger partial charge in [0.15, 0.2) is 0 Å². The average molecular weight is 262 g/mol. The molecule has 0 unspecified atom stereocenters. The van der Waals surface area contributed by atoms with E-state index >= 15 is 0 Å². The predicted molar refractivity (Wildman–Crippen MR) is 63.7 cm³/mol. The minimum Gasteiger partial charge on any atom is -0.389 e. The highest BCUT2D eigenvalue weighted by atomic mass is 32.2. The van der Waals surface area contributed by atoms with Crippen LogP contribution in [0.2, 0.25) is 0 Å². The van der Waals surface area contributed by atoms with E-state index in [1.807, 2.05) is 0 Å². The molecule has 0 saturated carbocycles. The number of hydrogen-bond acceptors (Lipinski definition) is 5. The van der Waals surface area contributed by atoms with Crippen molar-refractivity contribution in [3.05, 3.63) is 6.20 Å². The third kappa shape index (κ3) is 2.76. The average Bonchev–Trinajstić information content (AvgIpc) is 2.47. The summed E-state index contributed by atoms with van der Waals surface area (Å²) in [6.45, 7) is 6.21. The summed E-state index contributed by atoms with van der Waals surface area (Å²) in [5.74, 6) is -0.0379. The summed E-state index contributed by atoms with van der Waals surface area (Å²) in [7, 11) is -3.82. The Morgan fingerprint density at radius 1 is 1.41 bits per heavy atom. The number of rotatable bonds is 4. The molecule has 0 saturated heterocycles. The molecule has 0 aliphatic rings. The second-order valence-corrected chi connectivity index (χ2v) is 6.59. The van der Waals surface area contributed by atoms with E-state index in [0.29, 0.717) is 0 Å². The van der Waals surface area contributed by atoms with Gasteiger partial charge in [0, 0.05) is 0 Å². The van der Waals surface area contributed by atoms with E-state index in [1.54, 1.807) is 13.8 Å². The van der Waals surface area contributed by atoms with Crippen LogP contribution < -0.4 is 10.5 Å². The molecule has 1 aromatic rings. The number of aromatic nitrogens is 2. The SMILES string of the molecule is CC(C)(O)C(C)(C)NS(=O)(=O)c1cn[nH]c1N. The molecule has 98 valence electrons. The maximum absolute atomic E-state index is 12.0. The molecule has 0 aliphatic heterocycles. The third-order valence-corrected chi connectivity index (χ3v) is 4.52. The highest BCUT2D eigenvalue weighted by Gasteiger charge is 2.39. The predicted octanol–water partition coefficient (Wildman–Crippen LogP) is -0.180. The highest BCUT2D eigenvalue weighted by Crippen LogP contribution is 2.24. The molecular weight excluding hydrogens is 244 g/mol. The number of nitrogens with two attached hydrogens (primary N) is 1. The lowest BCUT2D eigenvalue weighted by Crippen LogP contribution is -2.57. The molecule has 0 atom stereocenters. The first kappa shape index (κ1) is 13.9. The van der Waals surface area contributed by atoms with Crippen LogP contribution in [0.25, 0.3) is 0 Å². The standard InChI is InChI=1S/C9H18N4O3S/c1-8(2,9(3,4)14)13-17(15,16)6-5-11-12-7(6)10/h5,13-14H,1-4H3,(H3,10,11,12). The number of anilines is 1. The van der Waals surface area contributed by atoms with Gasteiger partial charge in [0.2, 0.25) is 10.0 Å². The van der Waals surface area contributed by atoms with Crippen LogP contribution in [-0.2, 0) is 10.0 Å². The molecule has 0 aliphatic carbocycles. The maximum Gasteiger partial charge on any atom is 0.246 e. The van der Waals surface area contributed by atoms with Crippen molar-refractivity contribution in [2.75, 3.05) is 5.73 Å². The molecule has 0 bridgehead atoms. The van der Waals surface area contributed by atoms with Crippen LogP contribution in [0.3, 0.4) is 0 Å². The number of aromatic amines is 1. The lowest BCUT2D eigenvalue weighted by atomic mass is 9.87. The molecule has 0 aromatic carbocycles. The molecule has 5 N–H and O–H groups in total. The maximum atomic E-state index is 12.0. The van der Waals surface area contributed by atoms with Crippen LogP contribution in [0.1, 0.15) is 27.7 Å². The number of aliphatic hydroxyl groups is 1. The summed E-state index contributed by atoms with van der Waals surface area (Å²) in [5, 5.41) is 15.8. The number of nitrogen functional groups attached to an aromatic ring is 1. The molecule has 0 spiro atoms. The summed E-state index contributed by atoms with van der Waals surface area (Å²) in [6, 6.07) is 0. The van der Waals surface area contributed by atoms with E-state index in [0.717, 1.165) is 6.20 Å². The molecule has 1 heterocycles. The van der Waals surface area contributed by atoms with Crippen LogP contribution in [0.4, 0.5) is 5.82 Å². The summed E-state index contributed by atoms with van der Waals surface area (Å²) >= 11 is 0. The fraction of sp³-hybridized carbons (Fsp3) is 0.667. The highest BCUT2D eigenvalue weighted by molar-refractivity contribution is 7.89. The fourth-order valence-electron chi connectivity index (χ4n) is 1.02. The summed E-state index contributed by atoms with van der Waals surface area (Å²) in [5.41, 5.74) is 3.19. The zero-order chi connectivity index (χ0) is 13.5. The van der Waals surface area contributed by atoms with Gasteiger partial charge in [-0.15, -0.1) is 0 Å². The monoisotopic (exact) mass is 262 g/mol. The first-order valence-electron chi connectivity index (χ1n) is 5.02. The van der Waals surface area contributed by atoms with E-state index in [9.17, 15) is 13.5 Å². The molecule has 0 radical (unpaired) electrons. The van der Waals surface area contributed by atoms with Gasteiger partial charge in [-0.2, -0.15) is 5.10 Å². The van der Waals surface area contributed by atoms with E-state index in [2.05, 4.69) is 14.9 Å². The lowest BCUT2D eigenvalue weighted by molar-refractivity contribution is 0.00639. The number of H-pyrrole nitrogens is 1. The van der Waals surface area contributed by atoms with Gasteiger partial charge in [-0.25, -0.2) is 13.1 Å². The van der Waals surface area contributed by atoms with Gasteiger partial charge < -0.3 is 10.8 Å². The molecule has 17 heavy (non-hydrogen) atoms. The van der Waals surface area contributed by atoms with Gasteiger partial charge in [-0.1, -0.05) is 0 Å². The molecule has 8 heteroatoms. The number of sulfonamides is 1. The summed E-state index contributed by atoms with van der Waals surface area (Å²) < 4.78 is 26.4. The zero-order valence-electron chi connectivity index (χ0n) is 10.3. The van der Waals surface area contributed by atoms with E-state index in [4.69, 9.17) is 5.73 Å². The van der Waals surface area contributed by atoms with Crippen molar-refractivity contribution in [2.45, 2.75) is 43.7 Å². The quantitative estimate of drug-likeness (QED) is 0.599. The van der Waals surface area contributed by atoms with Gasteiger partial charge in [0.05, 0.1) is 17.3 Å². The van der Waals surface area contributed by atoms with E-state index in [-0.39, 0.29) is 10.7 Å². The molecular formula is C9H18N4O3S. The van der Waals surface area contributed by atoms with Crippen LogP contribution in [0, 0.1) is 0 Å². The van der Waals surface area contributed by atoms with Gasteiger partial charge >= 0.3 is 0 Å². The molecule has 0 fully saturated rings.